The van der Waals surface area contributed by atoms with Crippen molar-refractivity contribution in [1.29, 1.82) is 0 Å². The van der Waals surface area contributed by atoms with Crippen LogP contribution in [0.1, 0.15) is 21.5 Å². The molecule has 3 aromatic rings. The Morgan fingerprint density at radius 3 is 2.50 bits per heavy atom. The van der Waals surface area contributed by atoms with Crippen molar-refractivity contribution in [1.82, 2.24) is 14.1 Å². The molecule has 34 heavy (non-hydrogen) atoms. The van der Waals surface area contributed by atoms with Crippen molar-refractivity contribution < 1.29 is 17.6 Å². The monoisotopic (exact) mass is 505 g/mol. The summed E-state index contributed by atoms with van der Waals surface area (Å²) in [6, 6.07) is 9.80. The number of rotatable bonds is 5. The van der Waals surface area contributed by atoms with E-state index in [4.69, 9.17) is 11.6 Å². The first-order valence-corrected chi connectivity index (χ1v) is 12.5. The van der Waals surface area contributed by atoms with Crippen molar-refractivity contribution in [2.24, 2.45) is 7.05 Å². The number of hydrogen-bond acceptors (Lipinski definition) is 5. The van der Waals surface area contributed by atoms with Crippen molar-refractivity contribution in [3.63, 3.8) is 0 Å². The average molecular weight is 506 g/mol. The third-order valence-corrected chi connectivity index (χ3v) is 8.08. The molecule has 2 heterocycles. The zero-order valence-corrected chi connectivity index (χ0v) is 20.6. The van der Waals surface area contributed by atoms with Crippen LogP contribution in [-0.2, 0) is 17.1 Å². The van der Waals surface area contributed by atoms with E-state index in [1.807, 2.05) is 25.1 Å². The Morgan fingerprint density at radius 1 is 1.12 bits per heavy atom. The summed E-state index contributed by atoms with van der Waals surface area (Å²) >= 11 is 5.78. The summed E-state index contributed by atoms with van der Waals surface area (Å²) in [5.74, 6) is -1.30. The van der Waals surface area contributed by atoms with E-state index in [0.29, 0.717) is 13.1 Å². The fourth-order valence-electron chi connectivity index (χ4n) is 3.96. The molecule has 1 saturated heterocycles. The van der Waals surface area contributed by atoms with Crippen LogP contribution < -0.4 is 10.2 Å². The van der Waals surface area contributed by atoms with Crippen molar-refractivity contribution in [3.8, 4) is 0 Å². The van der Waals surface area contributed by atoms with Crippen LogP contribution in [0.15, 0.2) is 47.6 Å². The molecule has 0 radical (unpaired) electrons. The molecule has 0 spiro atoms. The molecule has 0 atom stereocenters. The van der Waals surface area contributed by atoms with Crippen LogP contribution in [0.25, 0.3) is 0 Å². The highest BCUT2D eigenvalue weighted by atomic mass is 35.5. The number of aryl methyl sites for hydroxylation is 2. The van der Waals surface area contributed by atoms with Crippen LogP contribution in [0.4, 0.5) is 15.8 Å². The molecule has 0 saturated carbocycles. The maximum atomic E-state index is 13.4. The first kappa shape index (κ1) is 24.2. The van der Waals surface area contributed by atoms with E-state index in [1.54, 1.807) is 7.05 Å². The van der Waals surface area contributed by atoms with Gasteiger partial charge in [-0.05, 0) is 49.2 Å². The number of aromatic nitrogens is 2. The summed E-state index contributed by atoms with van der Waals surface area (Å²) in [6.07, 6.45) is 1.35. The standard InChI is InChI=1S/C23H25ClFN5O3S/c1-15-5-4-6-21(16(15)2)29-9-11-30(12-10-29)34(32,33)23-18(14-28(3)27-23)22(31)26-17-7-8-20(25)19(24)13-17/h4-8,13-14H,9-12H2,1-3H3,(H,26,31). The largest absolute Gasteiger partial charge is 0.369 e. The third kappa shape index (κ3) is 4.66. The minimum atomic E-state index is -4.02. The molecule has 0 aliphatic carbocycles. The minimum Gasteiger partial charge on any atom is -0.369 e. The Labute approximate surface area is 203 Å². The highest BCUT2D eigenvalue weighted by Gasteiger charge is 2.34. The average Bonchev–Trinajstić information content (AvgIpc) is 3.21. The van der Waals surface area contributed by atoms with Crippen LogP contribution in [0.2, 0.25) is 5.02 Å². The second-order valence-electron chi connectivity index (χ2n) is 8.21. The number of nitrogens with one attached hydrogen (secondary N) is 1. The van der Waals surface area contributed by atoms with E-state index in [-0.39, 0.29) is 34.4 Å². The number of sulfonamides is 1. The fraction of sp³-hybridized carbons (Fsp3) is 0.304. The number of piperazine rings is 1. The van der Waals surface area contributed by atoms with Gasteiger partial charge in [0, 0.05) is 50.8 Å². The second-order valence-corrected chi connectivity index (χ2v) is 10.5. The Hall–Kier alpha value is -2.95. The number of nitrogens with zero attached hydrogens (tertiary/aromatic N) is 4. The summed E-state index contributed by atoms with van der Waals surface area (Å²) in [6.45, 7) is 5.67. The molecular formula is C23H25ClFN5O3S. The lowest BCUT2D eigenvalue weighted by molar-refractivity contribution is 0.102. The Morgan fingerprint density at radius 2 is 1.82 bits per heavy atom. The number of carbonyl (C=O) groups excluding carboxylic acids is 1. The van der Waals surface area contributed by atoms with Gasteiger partial charge in [-0.25, -0.2) is 12.8 Å². The van der Waals surface area contributed by atoms with E-state index in [9.17, 15) is 17.6 Å². The van der Waals surface area contributed by atoms with Gasteiger partial charge in [-0.3, -0.25) is 9.48 Å². The topological polar surface area (TPSA) is 87.5 Å². The van der Waals surface area contributed by atoms with Crippen molar-refractivity contribution >= 4 is 38.9 Å². The smallest absolute Gasteiger partial charge is 0.263 e. The lowest BCUT2D eigenvalue weighted by atomic mass is 10.1. The quantitative estimate of drug-likeness (QED) is 0.572. The predicted molar refractivity (Wildman–Crippen MR) is 129 cm³/mol. The summed E-state index contributed by atoms with van der Waals surface area (Å²) in [4.78, 5) is 15.1. The lowest BCUT2D eigenvalue weighted by Crippen LogP contribution is -2.49. The first-order chi connectivity index (χ1) is 16.1. The van der Waals surface area contributed by atoms with E-state index in [2.05, 4.69) is 22.2 Å². The lowest BCUT2D eigenvalue weighted by Gasteiger charge is -2.36. The van der Waals surface area contributed by atoms with Crippen LogP contribution in [-0.4, -0.2) is 54.6 Å². The predicted octanol–water partition coefficient (Wildman–Crippen LogP) is 3.59. The van der Waals surface area contributed by atoms with Crippen LogP contribution >= 0.6 is 11.6 Å². The van der Waals surface area contributed by atoms with E-state index < -0.39 is 21.7 Å². The van der Waals surface area contributed by atoms with Crippen molar-refractivity contribution in [3.05, 3.63) is 70.1 Å². The molecule has 180 valence electrons. The summed E-state index contributed by atoms with van der Waals surface area (Å²) in [7, 11) is -2.48. The summed E-state index contributed by atoms with van der Waals surface area (Å²) < 4.78 is 42.9. The molecule has 1 fully saturated rings. The summed E-state index contributed by atoms with van der Waals surface area (Å²) in [5, 5.41) is 6.17. The fourth-order valence-corrected chi connectivity index (χ4v) is 5.68. The second kappa shape index (κ2) is 9.36. The van der Waals surface area contributed by atoms with Crippen molar-refractivity contribution in [2.45, 2.75) is 18.9 Å². The van der Waals surface area contributed by atoms with Crippen LogP contribution in [0.3, 0.4) is 0 Å². The molecule has 1 aromatic heterocycles. The zero-order valence-electron chi connectivity index (χ0n) is 19.0. The summed E-state index contributed by atoms with van der Waals surface area (Å²) in [5.41, 5.74) is 3.58. The maximum Gasteiger partial charge on any atom is 0.263 e. The van der Waals surface area contributed by atoms with Gasteiger partial charge < -0.3 is 10.2 Å². The number of amides is 1. The van der Waals surface area contributed by atoms with Crippen molar-refractivity contribution in [2.75, 3.05) is 36.4 Å². The SMILES string of the molecule is Cc1cccc(N2CCN(S(=O)(=O)c3nn(C)cc3C(=O)Nc3ccc(F)c(Cl)c3)CC2)c1C. The van der Waals surface area contributed by atoms with Gasteiger partial charge in [0.1, 0.15) is 5.82 Å². The molecule has 11 heteroatoms. The number of carbonyl (C=O) groups is 1. The maximum absolute atomic E-state index is 13.4. The number of anilines is 2. The molecule has 1 N–H and O–H groups in total. The van der Waals surface area contributed by atoms with Gasteiger partial charge in [-0.1, -0.05) is 23.7 Å². The molecule has 1 aliphatic heterocycles. The number of benzene rings is 2. The highest BCUT2D eigenvalue weighted by Crippen LogP contribution is 2.27. The first-order valence-electron chi connectivity index (χ1n) is 10.7. The van der Waals surface area contributed by atoms with Gasteiger partial charge in [-0.2, -0.15) is 9.40 Å². The molecule has 2 aromatic carbocycles. The van der Waals surface area contributed by atoms with Crippen LogP contribution in [0, 0.1) is 19.7 Å². The minimum absolute atomic E-state index is 0.0973. The molecule has 1 amide bonds. The van der Waals surface area contributed by atoms with Crippen LogP contribution in [0.5, 0.6) is 0 Å². The molecular weight excluding hydrogens is 481 g/mol. The Balaban J connectivity index is 1.53. The molecule has 4 rings (SSSR count). The van der Waals surface area contributed by atoms with Gasteiger partial charge in [0.2, 0.25) is 5.03 Å². The van der Waals surface area contributed by atoms with Gasteiger partial charge in [0.15, 0.2) is 0 Å². The third-order valence-electron chi connectivity index (χ3n) is 5.96. The molecule has 0 unspecified atom stereocenters. The van der Waals surface area contributed by atoms with Gasteiger partial charge in [0.05, 0.1) is 10.6 Å². The van der Waals surface area contributed by atoms with Gasteiger partial charge in [-0.15, -0.1) is 0 Å². The Bertz CT molecular complexity index is 1350. The van der Waals surface area contributed by atoms with Gasteiger partial charge >= 0.3 is 0 Å². The number of halogens is 2. The normalized spacial score (nSPS) is 14.9. The van der Waals surface area contributed by atoms with E-state index >= 15 is 0 Å². The molecule has 0 bridgehead atoms. The highest BCUT2D eigenvalue weighted by molar-refractivity contribution is 7.89. The van der Waals surface area contributed by atoms with E-state index in [0.717, 1.165) is 11.8 Å². The molecule has 1 aliphatic rings. The Kier molecular flexibility index (Phi) is 6.66. The zero-order chi connectivity index (χ0) is 24.6. The number of hydrogen-bond donors (Lipinski definition) is 1. The molecule has 8 nitrogen and oxygen atoms in total. The van der Waals surface area contributed by atoms with Gasteiger partial charge in [0.25, 0.3) is 15.9 Å². The van der Waals surface area contributed by atoms with E-state index in [1.165, 1.54) is 38.4 Å².